The number of rotatable bonds is 2. The van der Waals surface area contributed by atoms with E-state index in [-0.39, 0.29) is 17.3 Å². The number of fused-ring (bicyclic) bond motifs is 1. The molecule has 0 bridgehead atoms. The minimum atomic E-state index is -0.287. The van der Waals surface area contributed by atoms with E-state index in [0.29, 0.717) is 11.2 Å². The van der Waals surface area contributed by atoms with E-state index in [1.165, 1.54) is 23.5 Å². The molecular formula is C16H15FN2OS. The fourth-order valence-electron chi connectivity index (χ4n) is 2.37. The van der Waals surface area contributed by atoms with Gasteiger partial charge in [-0.05, 0) is 24.6 Å². The normalized spacial score (nSPS) is 11.5. The summed E-state index contributed by atoms with van der Waals surface area (Å²) in [5.74, 6) is 0.572. The number of aromatic nitrogens is 2. The molecule has 3 nitrogen and oxygen atoms in total. The number of nitrogens with zero attached hydrogens (tertiary/aromatic N) is 1. The standard InChI is InChI=1S/C16H15FN2OS/c1-8(2)14-18-15(20)13-12(9(3)21-16(13)19-14)10-4-6-11(17)7-5-10/h4-8H,1-3H3,(H,18,19,20). The number of hydrogen-bond donors (Lipinski definition) is 1. The van der Waals surface area contributed by atoms with E-state index in [4.69, 9.17) is 0 Å². The summed E-state index contributed by atoms with van der Waals surface area (Å²) in [4.78, 5) is 21.6. The Morgan fingerprint density at radius 3 is 2.52 bits per heavy atom. The summed E-state index contributed by atoms with van der Waals surface area (Å²) in [6.07, 6.45) is 0. The molecule has 0 amide bonds. The van der Waals surface area contributed by atoms with E-state index in [1.807, 2.05) is 20.8 Å². The zero-order chi connectivity index (χ0) is 15.1. The average molecular weight is 302 g/mol. The monoisotopic (exact) mass is 302 g/mol. The van der Waals surface area contributed by atoms with E-state index in [0.717, 1.165) is 20.8 Å². The Morgan fingerprint density at radius 1 is 1.24 bits per heavy atom. The molecule has 0 unspecified atom stereocenters. The zero-order valence-corrected chi connectivity index (χ0v) is 12.8. The highest BCUT2D eigenvalue weighted by Crippen LogP contribution is 2.35. The van der Waals surface area contributed by atoms with Crippen LogP contribution in [0, 0.1) is 12.7 Å². The van der Waals surface area contributed by atoms with Gasteiger partial charge in [0.05, 0.1) is 5.39 Å². The second-order valence-corrected chi connectivity index (χ2v) is 6.53. The number of thiophene rings is 1. The van der Waals surface area contributed by atoms with Crippen molar-refractivity contribution >= 4 is 21.6 Å². The number of halogens is 1. The van der Waals surface area contributed by atoms with Crippen molar-refractivity contribution in [1.82, 2.24) is 9.97 Å². The highest BCUT2D eigenvalue weighted by Gasteiger charge is 2.17. The lowest BCUT2D eigenvalue weighted by atomic mass is 10.0. The van der Waals surface area contributed by atoms with Crippen molar-refractivity contribution in [2.24, 2.45) is 0 Å². The molecule has 108 valence electrons. The zero-order valence-electron chi connectivity index (χ0n) is 12.0. The first-order valence-electron chi connectivity index (χ1n) is 6.76. The number of hydrogen-bond acceptors (Lipinski definition) is 3. The van der Waals surface area contributed by atoms with Crippen LogP contribution in [0.15, 0.2) is 29.1 Å². The highest BCUT2D eigenvalue weighted by molar-refractivity contribution is 7.19. The van der Waals surface area contributed by atoms with Crippen LogP contribution in [0.25, 0.3) is 21.3 Å². The third kappa shape index (κ3) is 2.38. The van der Waals surface area contributed by atoms with Crippen molar-refractivity contribution in [1.29, 1.82) is 0 Å². The molecule has 3 rings (SSSR count). The first-order chi connectivity index (χ1) is 9.97. The van der Waals surface area contributed by atoms with Crippen LogP contribution in [0.2, 0.25) is 0 Å². The fourth-order valence-corrected chi connectivity index (χ4v) is 3.43. The maximum absolute atomic E-state index is 13.1. The van der Waals surface area contributed by atoms with Crippen molar-refractivity contribution in [3.05, 3.63) is 51.1 Å². The molecule has 0 aliphatic heterocycles. The quantitative estimate of drug-likeness (QED) is 0.770. The fraction of sp³-hybridized carbons (Fsp3) is 0.250. The summed E-state index contributed by atoms with van der Waals surface area (Å²) in [7, 11) is 0. The van der Waals surface area contributed by atoms with Gasteiger partial charge in [0.15, 0.2) is 0 Å². The number of aromatic amines is 1. The summed E-state index contributed by atoms with van der Waals surface area (Å²) in [5, 5.41) is 0.591. The predicted molar refractivity (Wildman–Crippen MR) is 84.5 cm³/mol. The van der Waals surface area contributed by atoms with Crippen LogP contribution >= 0.6 is 11.3 Å². The van der Waals surface area contributed by atoms with Crippen molar-refractivity contribution in [3.63, 3.8) is 0 Å². The molecule has 0 aliphatic carbocycles. The number of benzene rings is 1. The molecule has 1 aromatic carbocycles. The summed E-state index contributed by atoms with van der Waals surface area (Å²) >= 11 is 1.50. The Hall–Kier alpha value is -2.01. The van der Waals surface area contributed by atoms with Crippen LogP contribution in [0.3, 0.4) is 0 Å². The van der Waals surface area contributed by atoms with Gasteiger partial charge in [-0.1, -0.05) is 26.0 Å². The van der Waals surface area contributed by atoms with Gasteiger partial charge >= 0.3 is 0 Å². The Morgan fingerprint density at radius 2 is 1.90 bits per heavy atom. The summed E-state index contributed by atoms with van der Waals surface area (Å²) in [6.45, 7) is 5.94. The summed E-state index contributed by atoms with van der Waals surface area (Å²) in [5.41, 5.74) is 1.55. The topological polar surface area (TPSA) is 45.8 Å². The van der Waals surface area contributed by atoms with Gasteiger partial charge in [0.1, 0.15) is 16.5 Å². The molecule has 0 fully saturated rings. The lowest BCUT2D eigenvalue weighted by Crippen LogP contribution is -2.12. The summed E-state index contributed by atoms with van der Waals surface area (Å²) in [6, 6.07) is 6.20. The molecule has 0 radical (unpaired) electrons. The second kappa shape index (κ2) is 5.07. The molecule has 0 aliphatic rings. The van der Waals surface area contributed by atoms with E-state index in [2.05, 4.69) is 9.97 Å². The van der Waals surface area contributed by atoms with Crippen LogP contribution in [0.1, 0.15) is 30.5 Å². The van der Waals surface area contributed by atoms with Crippen molar-refractivity contribution < 1.29 is 4.39 Å². The Labute approximate surface area is 125 Å². The largest absolute Gasteiger partial charge is 0.310 e. The van der Waals surface area contributed by atoms with Gasteiger partial charge in [-0.2, -0.15) is 0 Å². The van der Waals surface area contributed by atoms with E-state index < -0.39 is 0 Å². The van der Waals surface area contributed by atoms with Crippen LogP contribution in [-0.4, -0.2) is 9.97 Å². The second-order valence-electron chi connectivity index (χ2n) is 5.33. The first kappa shape index (κ1) is 13.9. The molecule has 0 spiro atoms. The minimum absolute atomic E-state index is 0.132. The molecule has 2 aromatic heterocycles. The number of nitrogens with one attached hydrogen (secondary N) is 1. The first-order valence-corrected chi connectivity index (χ1v) is 7.58. The van der Waals surface area contributed by atoms with Gasteiger partial charge in [0, 0.05) is 16.4 Å². The Balaban J connectivity index is 2.31. The van der Waals surface area contributed by atoms with Gasteiger partial charge in [-0.15, -0.1) is 11.3 Å². The molecule has 5 heteroatoms. The molecule has 21 heavy (non-hydrogen) atoms. The highest BCUT2D eigenvalue weighted by atomic mass is 32.1. The third-order valence-electron chi connectivity index (χ3n) is 3.44. The van der Waals surface area contributed by atoms with Gasteiger partial charge < -0.3 is 4.98 Å². The Kier molecular flexibility index (Phi) is 3.37. The maximum Gasteiger partial charge on any atom is 0.260 e. The maximum atomic E-state index is 13.1. The van der Waals surface area contributed by atoms with Crippen LogP contribution in [0.5, 0.6) is 0 Å². The van der Waals surface area contributed by atoms with Gasteiger partial charge in [-0.3, -0.25) is 4.79 Å². The lowest BCUT2D eigenvalue weighted by molar-refractivity contribution is 0.628. The number of aryl methyl sites for hydroxylation is 1. The molecule has 0 atom stereocenters. The van der Waals surface area contributed by atoms with Gasteiger partial charge in [0.2, 0.25) is 0 Å². The number of H-pyrrole nitrogens is 1. The van der Waals surface area contributed by atoms with Crippen molar-refractivity contribution in [2.45, 2.75) is 26.7 Å². The van der Waals surface area contributed by atoms with Crippen molar-refractivity contribution in [2.75, 3.05) is 0 Å². The molecule has 0 saturated carbocycles. The van der Waals surface area contributed by atoms with Gasteiger partial charge in [-0.25, -0.2) is 9.37 Å². The molecule has 0 saturated heterocycles. The molecule has 1 N–H and O–H groups in total. The van der Waals surface area contributed by atoms with E-state index in [1.54, 1.807) is 12.1 Å². The lowest BCUT2D eigenvalue weighted by Gasteiger charge is -2.05. The van der Waals surface area contributed by atoms with Gasteiger partial charge in [0.25, 0.3) is 5.56 Å². The summed E-state index contributed by atoms with van der Waals surface area (Å²) < 4.78 is 13.1. The van der Waals surface area contributed by atoms with Crippen LogP contribution in [0.4, 0.5) is 4.39 Å². The van der Waals surface area contributed by atoms with Crippen LogP contribution in [-0.2, 0) is 0 Å². The molecule has 2 heterocycles. The van der Waals surface area contributed by atoms with Crippen molar-refractivity contribution in [3.8, 4) is 11.1 Å². The SMILES string of the molecule is Cc1sc2nc(C(C)C)[nH]c(=O)c2c1-c1ccc(F)cc1. The predicted octanol–water partition coefficient (Wildman–Crippen LogP) is 4.22. The minimum Gasteiger partial charge on any atom is -0.310 e. The van der Waals surface area contributed by atoms with E-state index >= 15 is 0 Å². The average Bonchev–Trinajstić information content (AvgIpc) is 2.76. The van der Waals surface area contributed by atoms with E-state index in [9.17, 15) is 9.18 Å². The third-order valence-corrected chi connectivity index (χ3v) is 4.44. The Bertz CT molecular complexity index is 862. The smallest absolute Gasteiger partial charge is 0.260 e. The van der Waals surface area contributed by atoms with Crippen LogP contribution < -0.4 is 5.56 Å². The molecular weight excluding hydrogens is 287 g/mol. The molecule has 3 aromatic rings.